The van der Waals surface area contributed by atoms with E-state index in [0.717, 1.165) is 12.1 Å². The summed E-state index contributed by atoms with van der Waals surface area (Å²) in [6, 6.07) is 8.54. The van der Waals surface area contributed by atoms with Crippen molar-refractivity contribution in [2.45, 2.75) is 0 Å². The maximum Gasteiger partial charge on any atom is 0.249 e. The van der Waals surface area contributed by atoms with Crippen LogP contribution in [-0.4, -0.2) is 28.4 Å². The minimum Gasteiger partial charge on any atom is -0.486 e. The fraction of sp³-hybridized carbons (Fsp3) is 0.118. The first kappa shape index (κ1) is 16.0. The summed E-state index contributed by atoms with van der Waals surface area (Å²) in [6.07, 6.45) is 1.42. The van der Waals surface area contributed by atoms with Crippen LogP contribution in [0.1, 0.15) is 0 Å². The van der Waals surface area contributed by atoms with Gasteiger partial charge >= 0.3 is 0 Å². The van der Waals surface area contributed by atoms with Crippen molar-refractivity contribution in [2.75, 3.05) is 23.8 Å². The second kappa shape index (κ2) is 6.79. The van der Waals surface area contributed by atoms with Gasteiger partial charge in [-0.25, -0.2) is 8.78 Å². The number of halogens is 2. The van der Waals surface area contributed by atoms with Crippen LogP contribution in [0.4, 0.5) is 31.9 Å². The molecule has 26 heavy (non-hydrogen) atoms. The summed E-state index contributed by atoms with van der Waals surface area (Å²) in [5.41, 5.74) is 0.762. The van der Waals surface area contributed by atoms with E-state index in [2.05, 4.69) is 25.8 Å². The van der Waals surface area contributed by atoms with Crippen LogP contribution >= 0.6 is 0 Å². The van der Waals surface area contributed by atoms with Crippen molar-refractivity contribution in [1.29, 1.82) is 0 Å². The van der Waals surface area contributed by atoms with E-state index in [-0.39, 0.29) is 11.6 Å². The molecule has 0 fully saturated rings. The summed E-state index contributed by atoms with van der Waals surface area (Å²) in [5.74, 6) is 0.353. The Kier molecular flexibility index (Phi) is 4.18. The van der Waals surface area contributed by atoms with Gasteiger partial charge in [-0.3, -0.25) is 0 Å². The zero-order chi connectivity index (χ0) is 17.9. The monoisotopic (exact) mass is 357 g/mol. The predicted molar refractivity (Wildman–Crippen MR) is 90.2 cm³/mol. The maximum atomic E-state index is 13.7. The molecule has 7 nitrogen and oxygen atoms in total. The van der Waals surface area contributed by atoms with Gasteiger partial charge in [0.25, 0.3) is 0 Å². The Morgan fingerprint density at radius 1 is 0.923 bits per heavy atom. The first-order chi connectivity index (χ1) is 12.7. The van der Waals surface area contributed by atoms with Crippen molar-refractivity contribution in [1.82, 2.24) is 15.2 Å². The van der Waals surface area contributed by atoms with Gasteiger partial charge in [0.1, 0.15) is 24.8 Å². The molecule has 0 aliphatic carbocycles. The van der Waals surface area contributed by atoms with Gasteiger partial charge in [0.05, 0.1) is 11.9 Å². The van der Waals surface area contributed by atoms with Gasteiger partial charge in [0.15, 0.2) is 17.3 Å². The van der Waals surface area contributed by atoms with Gasteiger partial charge in [-0.05, 0) is 24.3 Å². The Labute approximate surface area is 147 Å². The van der Waals surface area contributed by atoms with Crippen LogP contribution in [0.3, 0.4) is 0 Å². The number of hydrogen-bond acceptors (Lipinski definition) is 7. The van der Waals surface area contributed by atoms with Crippen LogP contribution in [0, 0.1) is 11.6 Å². The van der Waals surface area contributed by atoms with Crippen LogP contribution in [0.15, 0.2) is 42.6 Å². The number of fused-ring (bicyclic) bond motifs is 1. The van der Waals surface area contributed by atoms with Crippen LogP contribution in [-0.2, 0) is 0 Å². The van der Waals surface area contributed by atoms with Gasteiger partial charge in [0.2, 0.25) is 5.95 Å². The average molecular weight is 357 g/mol. The van der Waals surface area contributed by atoms with Crippen molar-refractivity contribution < 1.29 is 18.3 Å². The van der Waals surface area contributed by atoms with E-state index in [1.807, 2.05) is 6.07 Å². The second-order valence-electron chi connectivity index (χ2n) is 5.40. The third kappa shape index (κ3) is 3.46. The molecule has 2 aromatic carbocycles. The summed E-state index contributed by atoms with van der Waals surface area (Å²) >= 11 is 0. The van der Waals surface area contributed by atoms with Gasteiger partial charge in [-0.1, -0.05) is 0 Å². The standard InChI is InChI=1S/C17H13F2N5O2/c18-10-1-3-13(12(19)7-10)22-17-23-16(9-20-24-17)21-11-2-4-14-15(8-11)26-6-5-25-14/h1-4,7-9H,5-6H2,(H2,21,22,23,24). The molecule has 0 atom stereocenters. The molecular weight excluding hydrogens is 344 g/mol. The van der Waals surface area contributed by atoms with Crippen LogP contribution in [0.25, 0.3) is 0 Å². The fourth-order valence-electron chi connectivity index (χ4n) is 2.40. The quantitative estimate of drug-likeness (QED) is 0.740. The molecule has 2 heterocycles. The van der Waals surface area contributed by atoms with E-state index in [1.54, 1.807) is 12.1 Å². The Balaban J connectivity index is 1.52. The fourth-order valence-corrected chi connectivity index (χ4v) is 2.40. The minimum absolute atomic E-state index is 0.0460. The second-order valence-corrected chi connectivity index (χ2v) is 5.40. The number of benzene rings is 2. The molecule has 0 radical (unpaired) electrons. The first-order valence-corrected chi connectivity index (χ1v) is 7.76. The lowest BCUT2D eigenvalue weighted by atomic mass is 10.2. The molecule has 3 aromatic rings. The van der Waals surface area contributed by atoms with Gasteiger partial charge < -0.3 is 20.1 Å². The Morgan fingerprint density at radius 3 is 2.62 bits per heavy atom. The van der Waals surface area contributed by atoms with Gasteiger partial charge in [-0.2, -0.15) is 10.1 Å². The largest absolute Gasteiger partial charge is 0.486 e. The lowest BCUT2D eigenvalue weighted by Gasteiger charge is -2.19. The summed E-state index contributed by atoms with van der Waals surface area (Å²) in [6.45, 7) is 1.01. The zero-order valence-electron chi connectivity index (χ0n) is 13.4. The highest BCUT2D eigenvalue weighted by Crippen LogP contribution is 2.33. The average Bonchev–Trinajstić information content (AvgIpc) is 2.64. The van der Waals surface area contributed by atoms with E-state index < -0.39 is 11.6 Å². The van der Waals surface area contributed by atoms with Gasteiger partial charge in [0, 0.05) is 17.8 Å². The molecule has 0 spiro atoms. The first-order valence-electron chi connectivity index (χ1n) is 7.76. The summed E-state index contributed by atoms with van der Waals surface area (Å²) in [4.78, 5) is 4.21. The lowest BCUT2D eigenvalue weighted by Crippen LogP contribution is -2.15. The number of aromatic nitrogens is 3. The van der Waals surface area contributed by atoms with E-state index in [0.29, 0.717) is 36.2 Å². The topological polar surface area (TPSA) is 81.2 Å². The molecule has 1 aliphatic heterocycles. The smallest absolute Gasteiger partial charge is 0.249 e. The number of nitrogens with one attached hydrogen (secondary N) is 2. The molecule has 1 aromatic heterocycles. The van der Waals surface area contributed by atoms with E-state index >= 15 is 0 Å². The molecule has 0 saturated carbocycles. The molecule has 1 aliphatic rings. The number of hydrogen-bond donors (Lipinski definition) is 2. The van der Waals surface area contributed by atoms with Crippen molar-refractivity contribution in [2.24, 2.45) is 0 Å². The third-order valence-corrected chi connectivity index (χ3v) is 3.55. The summed E-state index contributed by atoms with van der Waals surface area (Å²) in [7, 11) is 0. The van der Waals surface area contributed by atoms with Crippen molar-refractivity contribution in [3.8, 4) is 11.5 Å². The Hall–Kier alpha value is -3.49. The van der Waals surface area contributed by atoms with Crippen LogP contribution in [0.5, 0.6) is 11.5 Å². The van der Waals surface area contributed by atoms with Crippen molar-refractivity contribution in [3.63, 3.8) is 0 Å². The predicted octanol–water partition coefficient (Wildman–Crippen LogP) is 3.41. The molecule has 0 unspecified atom stereocenters. The number of rotatable bonds is 4. The highest BCUT2D eigenvalue weighted by Gasteiger charge is 2.12. The lowest BCUT2D eigenvalue weighted by molar-refractivity contribution is 0.171. The van der Waals surface area contributed by atoms with Crippen LogP contribution in [0.2, 0.25) is 0 Å². The molecule has 0 saturated heterocycles. The molecule has 132 valence electrons. The molecule has 0 amide bonds. The molecule has 0 bridgehead atoms. The highest BCUT2D eigenvalue weighted by atomic mass is 19.1. The highest BCUT2D eigenvalue weighted by molar-refractivity contribution is 5.62. The maximum absolute atomic E-state index is 13.7. The number of ether oxygens (including phenoxy) is 2. The normalized spacial score (nSPS) is 12.5. The molecule has 2 N–H and O–H groups in total. The van der Waals surface area contributed by atoms with Crippen LogP contribution < -0.4 is 20.1 Å². The summed E-state index contributed by atoms with van der Waals surface area (Å²) < 4.78 is 37.7. The molecular formula is C17H13F2N5O2. The number of anilines is 4. The SMILES string of the molecule is Fc1ccc(Nc2nncc(Nc3ccc4c(c3)OCCO4)n2)c(F)c1. The van der Waals surface area contributed by atoms with Crippen molar-refractivity contribution in [3.05, 3.63) is 54.2 Å². The van der Waals surface area contributed by atoms with E-state index in [9.17, 15) is 8.78 Å². The van der Waals surface area contributed by atoms with E-state index in [4.69, 9.17) is 9.47 Å². The Morgan fingerprint density at radius 2 is 1.77 bits per heavy atom. The number of nitrogens with zero attached hydrogens (tertiary/aromatic N) is 3. The van der Waals surface area contributed by atoms with Gasteiger partial charge in [-0.15, -0.1) is 5.10 Å². The molecule has 9 heteroatoms. The third-order valence-electron chi connectivity index (χ3n) is 3.55. The minimum atomic E-state index is -0.751. The van der Waals surface area contributed by atoms with E-state index in [1.165, 1.54) is 12.3 Å². The molecule has 4 rings (SSSR count). The Bertz CT molecular complexity index is 954. The zero-order valence-corrected chi connectivity index (χ0v) is 13.4. The summed E-state index contributed by atoms with van der Waals surface area (Å²) in [5, 5.41) is 13.3. The van der Waals surface area contributed by atoms with Crippen molar-refractivity contribution >= 4 is 23.1 Å².